The van der Waals surface area contributed by atoms with Crippen molar-refractivity contribution in [2.75, 3.05) is 6.61 Å². The summed E-state index contributed by atoms with van der Waals surface area (Å²) in [5.41, 5.74) is 2.53. The van der Waals surface area contributed by atoms with Crippen molar-refractivity contribution in [3.8, 4) is 0 Å². The predicted octanol–water partition coefficient (Wildman–Crippen LogP) is 8.11. The molecule has 1 aliphatic heterocycles. The van der Waals surface area contributed by atoms with Crippen molar-refractivity contribution in [2.24, 2.45) is 0 Å². The first-order chi connectivity index (χ1) is 17.9. The zero-order chi connectivity index (χ0) is 30.5. The van der Waals surface area contributed by atoms with E-state index in [-0.39, 0.29) is 12.2 Å². The topological polar surface area (TPSA) is 51.1 Å². The average molecular weight is 640 g/mol. The van der Waals surface area contributed by atoms with Gasteiger partial charge in [0.25, 0.3) is 0 Å². The maximum atomic E-state index is 7.20. The van der Waals surface area contributed by atoms with Crippen LogP contribution < -0.4 is 0 Å². The van der Waals surface area contributed by atoms with E-state index in [2.05, 4.69) is 133 Å². The molecular weight excluding hydrogens is 583 g/mol. The number of fused-ring (bicyclic) bond motifs is 1. The van der Waals surface area contributed by atoms with Crippen molar-refractivity contribution < 1.29 is 22.4 Å². The first-order valence-electron chi connectivity index (χ1n) is 14.9. The molecule has 11 heteroatoms. The third kappa shape index (κ3) is 9.07. The minimum Gasteiger partial charge on any atom is -0.410 e. The highest BCUT2D eigenvalue weighted by Crippen LogP contribution is 2.42. The molecule has 0 amide bonds. The van der Waals surface area contributed by atoms with E-state index in [4.69, 9.17) is 22.4 Å². The van der Waals surface area contributed by atoms with Crippen LogP contribution in [0.3, 0.4) is 0 Å². The standard InChI is InChI=1S/C29H57NO5Si5/c1-36(2,3)30-21-23(24-18-16-17-19-25(24)30)20-29(35-40(13,14)15)28(34-39(10,11)12)27(33-38(7,8)9)26(22-31-29)32-37(4,5)6/h16-19,21,26-28H,20,22H2,1-15H3/t26-,27+,28-,29-/m0/s1. The zero-order valence-electron chi connectivity index (χ0n) is 28.0. The first-order valence-corrected chi connectivity index (χ1v) is 31.9. The summed E-state index contributed by atoms with van der Waals surface area (Å²) < 4.78 is 37.7. The third-order valence-electron chi connectivity index (χ3n) is 6.50. The predicted molar refractivity (Wildman–Crippen MR) is 182 cm³/mol. The van der Waals surface area contributed by atoms with E-state index in [0.29, 0.717) is 13.0 Å². The minimum atomic E-state index is -2.11. The van der Waals surface area contributed by atoms with Gasteiger partial charge in [-0.2, -0.15) is 0 Å². The Bertz CT molecular complexity index is 1150. The highest BCUT2D eigenvalue weighted by molar-refractivity contribution is 6.75. The largest absolute Gasteiger partial charge is 0.410 e. The van der Waals surface area contributed by atoms with E-state index in [9.17, 15) is 0 Å². The van der Waals surface area contributed by atoms with Crippen molar-refractivity contribution in [1.29, 1.82) is 0 Å². The molecule has 0 spiro atoms. The Labute approximate surface area is 249 Å². The van der Waals surface area contributed by atoms with Crippen LogP contribution in [0, 0.1) is 0 Å². The maximum Gasteiger partial charge on any atom is 0.191 e. The zero-order valence-corrected chi connectivity index (χ0v) is 33.0. The Balaban J connectivity index is 2.25. The average Bonchev–Trinajstić information content (AvgIpc) is 3.08. The summed E-state index contributed by atoms with van der Waals surface area (Å²) in [6, 6.07) is 8.77. The van der Waals surface area contributed by atoms with Crippen LogP contribution in [0.2, 0.25) is 98.2 Å². The van der Waals surface area contributed by atoms with Gasteiger partial charge in [-0.25, -0.2) is 0 Å². The van der Waals surface area contributed by atoms with Gasteiger partial charge < -0.3 is 26.7 Å². The monoisotopic (exact) mass is 639 g/mol. The van der Waals surface area contributed by atoms with Gasteiger partial charge in [0, 0.05) is 17.3 Å². The van der Waals surface area contributed by atoms with E-state index >= 15 is 0 Å². The van der Waals surface area contributed by atoms with Gasteiger partial charge in [-0.1, -0.05) is 37.8 Å². The fraction of sp³-hybridized carbons (Fsp3) is 0.724. The highest BCUT2D eigenvalue weighted by Gasteiger charge is 2.57. The molecule has 0 bridgehead atoms. The lowest BCUT2D eigenvalue weighted by atomic mass is 9.91. The van der Waals surface area contributed by atoms with Crippen LogP contribution in [0.5, 0.6) is 0 Å². The molecule has 0 aliphatic carbocycles. The molecule has 2 aromatic rings. The van der Waals surface area contributed by atoms with Gasteiger partial charge in [0.2, 0.25) is 0 Å². The molecule has 0 N–H and O–H groups in total. The fourth-order valence-corrected chi connectivity index (χ4v) is 11.5. The summed E-state index contributed by atoms with van der Waals surface area (Å²) in [6.45, 7) is 34.5. The van der Waals surface area contributed by atoms with Crippen LogP contribution in [0.25, 0.3) is 10.9 Å². The van der Waals surface area contributed by atoms with Gasteiger partial charge >= 0.3 is 0 Å². The summed E-state index contributed by atoms with van der Waals surface area (Å²) in [5, 5.41) is 1.27. The van der Waals surface area contributed by atoms with Gasteiger partial charge in [0.05, 0.1) is 12.7 Å². The lowest BCUT2D eigenvalue weighted by Gasteiger charge is -2.54. The minimum absolute atomic E-state index is 0.193. The molecular formula is C29H57NO5Si5. The molecule has 228 valence electrons. The number of rotatable bonds is 11. The van der Waals surface area contributed by atoms with E-state index in [1.807, 2.05) is 0 Å². The molecule has 0 radical (unpaired) electrons. The first kappa shape index (κ1) is 34.1. The highest BCUT2D eigenvalue weighted by atomic mass is 28.4. The lowest BCUT2D eigenvalue weighted by molar-refractivity contribution is -0.301. The summed E-state index contributed by atoms with van der Waals surface area (Å²) in [6.07, 6.45) is 2.11. The van der Waals surface area contributed by atoms with Gasteiger partial charge in [0.1, 0.15) is 12.2 Å². The maximum absolute atomic E-state index is 7.20. The fourth-order valence-electron chi connectivity index (χ4n) is 5.49. The van der Waals surface area contributed by atoms with Crippen molar-refractivity contribution in [3.63, 3.8) is 0 Å². The Kier molecular flexibility index (Phi) is 9.92. The van der Waals surface area contributed by atoms with Gasteiger partial charge in [-0.05, 0) is 96.4 Å². The molecule has 1 saturated heterocycles. The van der Waals surface area contributed by atoms with Crippen molar-refractivity contribution >= 4 is 52.4 Å². The molecule has 6 nitrogen and oxygen atoms in total. The second-order valence-corrected chi connectivity index (χ2v) is 39.0. The normalized spacial score (nSPS) is 25.5. The number of nitrogens with zero attached hydrogens (tertiary/aromatic N) is 1. The molecule has 1 aromatic heterocycles. The van der Waals surface area contributed by atoms with Gasteiger partial charge in [-0.15, -0.1) is 0 Å². The van der Waals surface area contributed by atoms with Crippen molar-refractivity contribution in [2.45, 2.75) is 129 Å². The van der Waals surface area contributed by atoms with Crippen LogP contribution in [-0.4, -0.2) is 76.4 Å². The van der Waals surface area contributed by atoms with Crippen LogP contribution >= 0.6 is 0 Å². The van der Waals surface area contributed by atoms with Crippen LogP contribution in [0.15, 0.2) is 30.5 Å². The molecule has 0 unspecified atom stereocenters. The van der Waals surface area contributed by atoms with Gasteiger partial charge in [-0.3, -0.25) is 0 Å². The number of aromatic nitrogens is 1. The summed E-state index contributed by atoms with van der Waals surface area (Å²) in [5.74, 6) is -0.969. The van der Waals surface area contributed by atoms with Crippen molar-refractivity contribution in [1.82, 2.24) is 4.23 Å². The Morgan fingerprint density at radius 3 is 1.80 bits per heavy atom. The van der Waals surface area contributed by atoms with Crippen LogP contribution in [0.4, 0.5) is 0 Å². The SMILES string of the molecule is C[Si](C)(C)O[C@@H]1[C@@H](O[Si](C)(C)C)CO[C@@](Cc2cn([Si](C)(C)C)c3ccccc23)(O[Si](C)(C)C)[C@H]1O[Si](C)(C)C. The van der Waals surface area contributed by atoms with Gasteiger partial charge in [0.15, 0.2) is 47.3 Å². The summed E-state index contributed by atoms with van der Waals surface area (Å²) in [4.78, 5) is 0. The summed E-state index contributed by atoms with van der Waals surface area (Å²) >= 11 is 0. The van der Waals surface area contributed by atoms with Crippen molar-refractivity contribution in [3.05, 3.63) is 36.0 Å². The second-order valence-electron chi connectivity index (χ2n) is 16.3. The Morgan fingerprint density at radius 1 is 0.750 bits per heavy atom. The van der Waals surface area contributed by atoms with E-state index in [1.165, 1.54) is 16.5 Å². The third-order valence-corrected chi connectivity index (χ3v) is 12.2. The number of hydrogen-bond donors (Lipinski definition) is 0. The lowest BCUT2D eigenvalue weighted by Crippen LogP contribution is -2.70. The number of hydrogen-bond acceptors (Lipinski definition) is 5. The number of ether oxygens (including phenoxy) is 1. The molecule has 40 heavy (non-hydrogen) atoms. The second kappa shape index (κ2) is 11.6. The van der Waals surface area contributed by atoms with E-state index in [0.717, 1.165) is 0 Å². The van der Waals surface area contributed by atoms with Crippen LogP contribution in [-0.2, 0) is 28.9 Å². The molecule has 4 atom stereocenters. The molecule has 1 aliphatic rings. The smallest absolute Gasteiger partial charge is 0.191 e. The summed E-state index contributed by atoms with van der Waals surface area (Å²) in [7, 11) is -9.71. The van der Waals surface area contributed by atoms with Crippen LogP contribution in [0.1, 0.15) is 5.56 Å². The molecule has 1 fully saturated rings. The molecule has 1 aromatic carbocycles. The quantitative estimate of drug-likeness (QED) is 0.233. The van der Waals surface area contributed by atoms with E-state index in [1.54, 1.807) is 0 Å². The number of benzene rings is 1. The Hall–Kier alpha value is -0.356. The Morgan fingerprint density at radius 2 is 1.30 bits per heavy atom. The molecule has 3 rings (SSSR count). The molecule has 0 saturated carbocycles. The molecule has 2 heterocycles. The van der Waals surface area contributed by atoms with E-state index < -0.39 is 53.4 Å². The number of para-hydroxylation sites is 1.